The fourth-order valence-corrected chi connectivity index (χ4v) is 7.62. The number of rotatable bonds is 8. The fraction of sp³-hybridized carbons (Fsp3) is 0.325. The normalized spacial score (nSPS) is 20.2. The van der Waals surface area contributed by atoms with E-state index in [1.165, 1.54) is 5.56 Å². The van der Waals surface area contributed by atoms with Crippen LogP contribution in [0.1, 0.15) is 49.4 Å². The van der Waals surface area contributed by atoms with Gasteiger partial charge in [0.2, 0.25) is 0 Å². The third-order valence-electron chi connectivity index (χ3n) is 10.4. The highest BCUT2D eigenvalue weighted by Crippen LogP contribution is 2.41. The Labute approximate surface area is 296 Å². The highest BCUT2D eigenvalue weighted by atomic mass is 16.5. The molecule has 4 aromatic carbocycles. The van der Waals surface area contributed by atoms with E-state index >= 15 is 0 Å². The van der Waals surface area contributed by atoms with Crippen molar-refractivity contribution in [2.75, 3.05) is 39.4 Å². The lowest BCUT2D eigenvalue weighted by Gasteiger charge is -2.39. The second kappa shape index (κ2) is 13.3. The molecule has 262 valence electrons. The number of aliphatic hydroxyl groups excluding tert-OH is 1. The van der Waals surface area contributed by atoms with Crippen molar-refractivity contribution < 1.29 is 33.6 Å². The van der Waals surface area contributed by atoms with Crippen LogP contribution in [0.4, 0.5) is 11.4 Å². The number of hydrogen-bond acceptors (Lipinski definition) is 9. The van der Waals surface area contributed by atoms with Crippen LogP contribution in [0.15, 0.2) is 77.8 Å². The molecule has 4 aromatic rings. The summed E-state index contributed by atoms with van der Waals surface area (Å²) < 4.78 is 23.6. The number of ether oxygens (including phenoxy) is 4. The molecular formula is C40H40N4O7. The number of amides is 2. The summed E-state index contributed by atoms with van der Waals surface area (Å²) in [5, 5.41) is 11.5. The maximum atomic E-state index is 13.9. The molecular weight excluding hydrogens is 648 g/mol. The first-order valence-corrected chi connectivity index (χ1v) is 17.2. The Morgan fingerprint density at radius 3 is 1.96 bits per heavy atom. The van der Waals surface area contributed by atoms with Gasteiger partial charge in [-0.1, -0.05) is 48.5 Å². The van der Waals surface area contributed by atoms with E-state index in [1.807, 2.05) is 41.4 Å². The molecule has 4 heterocycles. The van der Waals surface area contributed by atoms with Crippen molar-refractivity contribution in [2.45, 2.75) is 50.7 Å². The maximum absolute atomic E-state index is 13.9. The van der Waals surface area contributed by atoms with Gasteiger partial charge in [-0.15, -0.1) is 0 Å². The van der Waals surface area contributed by atoms with Gasteiger partial charge in [0.25, 0.3) is 11.8 Å². The van der Waals surface area contributed by atoms with Gasteiger partial charge >= 0.3 is 0 Å². The van der Waals surface area contributed by atoms with Crippen LogP contribution in [0.25, 0.3) is 0 Å². The van der Waals surface area contributed by atoms with E-state index < -0.39 is 12.3 Å². The number of aliphatic hydroxyl groups is 1. The number of likely N-dealkylation sites (N-methyl/N-ethyl adjacent to an activating group) is 1. The summed E-state index contributed by atoms with van der Waals surface area (Å²) in [6.45, 7) is 1.55. The number of anilines is 1. The number of fused-ring (bicyclic) bond motifs is 6. The third-order valence-corrected chi connectivity index (χ3v) is 10.4. The first kappa shape index (κ1) is 32.6. The van der Waals surface area contributed by atoms with Crippen LogP contribution in [-0.2, 0) is 25.9 Å². The molecule has 11 heteroatoms. The van der Waals surface area contributed by atoms with Gasteiger partial charge in [0.05, 0.1) is 62.0 Å². The number of hydrogen-bond donors (Lipinski definition) is 1. The SMILES string of the molecule is COc1cc2c(cc1OCCCOc1cc3c(cc1OC)C(=O)N1Cc4ccccc4CC1C(O)N3C)N=CC1Cc3ccccc3CN1C2=O. The van der Waals surface area contributed by atoms with Gasteiger partial charge in [-0.3, -0.25) is 14.6 Å². The first-order chi connectivity index (χ1) is 24.8. The molecule has 8 rings (SSSR count). The number of carbonyl (C=O) groups excluding carboxylic acids is 2. The zero-order valence-electron chi connectivity index (χ0n) is 28.9. The average molecular weight is 689 g/mol. The molecule has 3 unspecified atom stereocenters. The summed E-state index contributed by atoms with van der Waals surface area (Å²) in [7, 11) is 4.89. The highest BCUT2D eigenvalue weighted by Gasteiger charge is 2.41. The van der Waals surface area contributed by atoms with E-state index in [4.69, 9.17) is 23.9 Å². The molecule has 0 bridgehead atoms. The van der Waals surface area contributed by atoms with Gasteiger partial charge in [0.1, 0.15) is 6.23 Å². The Balaban J connectivity index is 0.949. The molecule has 1 N–H and O–H groups in total. The van der Waals surface area contributed by atoms with E-state index in [0.717, 1.165) is 23.1 Å². The standard InChI is InChI=1S/C40H40N4O7/c1-42-32-20-37(35(49-3)18-30(32)39(46)44-23-27-12-7-5-10-25(27)16-33(44)40(42)47)51-14-8-13-50-36-19-31-29(17-34(36)48-2)38(45)43-22-26-11-6-4-9-24(26)15-28(43)21-41-31/h4-7,9-12,17-21,28,33,40,47H,8,13-16,22-23H2,1-3H3. The number of aliphatic imine (C=N–C) groups is 1. The molecule has 51 heavy (non-hydrogen) atoms. The lowest BCUT2D eigenvalue weighted by Crippen LogP contribution is -2.53. The highest BCUT2D eigenvalue weighted by molar-refractivity contribution is 6.04. The van der Waals surface area contributed by atoms with Gasteiger partial charge in [0, 0.05) is 44.9 Å². The zero-order chi connectivity index (χ0) is 35.2. The lowest BCUT2D eigenvalue weighted by molar-refractivity contribution is 0.0326. The number of benzene rings is 4. The van der Waals surface area contributed by atoms with Crippen molar-refractivity contribution in [1.82, 2.24) is 9.80 Å². The lowest BCUT2D eigenvalue weighted by atomic mass is 9.93. The monoisotopic (exact) mass is 688 g/mol. The Bertz CT molecular complexity index is 2050. The van der Waals surface area contributed by atoms with E-state index in [1.54, 1.807) is 55.3 Å². The van der Waals surface area contributed by atoms with Crippen molar-refractivity contribution in [2.24, 2.45) is 4.99 Å². The first-order valence-electron chi connectivity index (χ1n) is 17.2. The fourth-order valence-electron chi connectivity index (χ4n) is 7.62. The zero-order valence-corrected chi connectivity index (χ0v) is 28.9. The summed E-state index contributed by atoms with van der Waals surface area (Å²) in [4.78, 5) is 37.7. The molecule has 0 radical (unpaired) electrons. The molecule has 4 aliphatic rings. The molecule has 2 amide bonds. The van der Waals surface area contributed by atoms with Gasteiger partial charge in [-0.25, -0.2) is 0 Å². The van der Waals surface area contributed by atoms with Crippen LogP contribution >= 0.6 is 0 Å². The summed E-state index contributed by atoms with van der Waals surface area (Å²) in [6.07, 6.45) is 2.74. The van der Waals surface area contributed by atoms with Crippen molar-refractivity contribution in [3.63, 3.8) is 0 Å². The van der Waals surface area contributed by atoms with Crippen LogP contribution in [0, 0.1) is 0 Å². The smallest absolute Gasteiger partial charge is 0.257 e. The van der Waals surface area contributed by atoms with Gasteiger partial charge in [-0.2, -0.15) is 0 Å². The largest absolute Gasteiger partial charge is 0.493 e. The minimum atomic E-state index is -0.911. The molecule has 0 fully saturated rings. The van der Waals surface area contributed by atoms with Crippen LogP contribution < -0.4 is 23.8 Å². The second-order valence-corrected chi connectivity index (χ2v) is 13.3. The topological polar surface area (TPSA) is 113 Å². The van der Waals surface area contributed by atoms with Gasteiger partial charge < -0.3 is 38.8 Å². The molecule has 11 nitrogen and oxygen atoms in total. The van der Waals surface area contributed by atoms with Crippen molar-refractivity contribution in [3.05, 3.63) is 106 Å². The minimum absolute atomic E-state index is 0.0872. The summed E-state index contributed by atoms with van der Waals surface area (Å²) in [5.74, 6) is 1.58. The summed E-state index contributed by atoms with van der Waals surface area (Å²) in [5.41, 5.74) is 6.65. The van der Waals surface area contributed by atoms with Gasteiger partial charge in [-0.05, 0) is 47.2 Å². The Hall–Kier alpha value is -5.55. The maximum Gasteiger partial charge on any atom is 0.257 e. The number of nitrogens with zero attached hydrogens (tertiary/aromatic N) is 4. The Morgan fingerprint density at radius 1 is 0.725 bits per heavy atom. The third kappa shape index (κ3) is 5.81. The summed E-state index contributed by atoms with van der Waals surface area (Å²) >= 11 is 0. The predicted octanol–water partition coefficient (Wildman–Crippen LogP) is 5.17. The van der Waals surface area contributed by atoms with Crippen LogP contribution in [0.2, 0.25) is 0 Å². The van der Waals surface area contributed by atoms with Crippen LogP contribution in [0.3, 0.4) is 0 Å². The van der Waals surface area contributed by atoms with Crippen molar-refractivity contribution in [3.8, 4) is 23.0 Å². The molecule has 0 spiro atoms. The Morgan fingerprint density at radius 2 is 1.29 bits per heavy atom. The molecule has 4 aliphatic heterocycles. The Kier molecular flexibility index (Phi) is 8.51. The number of carbonyl (C=O) groups is 2. The average Bonchev–Trinajstić information content (AvgIpc) is 3.33. The van der Waals surface area contributed by atoms with E-state index in [2.05, 4.69) is 18.2 Å². The molecule has 0 aliphatic carbocycles. The second-order valence-electron chi connectivity index (χ2n) is 13.3. The molecule has 0 saturated heterocycles. The quantitative estimate of drug-likeness (QED) is 0.253. The van der Waals surface area contributed by atoms with E-state index in [9.17, 15) is 14.7 Å². The molecule has 0 saturated carbocycles. The predicted molar refractivity (Wildman–Crippen MR) is 192 cm³/mol. The van der Waals surface area contributed by atoms with Crippen molar-refractivity contribution in [1.29, 1.82) is 0 Å². The van der Waals surface area contributed by atoms with E-state index in [-0.39, 0.29) is 17.9 Å². The molecule has 0 aromatic heterocycles. The van der Waals surface area contributed by atoms with Crippen molar-refractivity contribution >= 4 is 29.4 Å². The summed E-state index contributed by atoms with van der Waals surface area (Å²) in [6, 6.07) is 22.7. The minimum Gasteiger partial charge on any atom is -0.493 e. The van der Waals surface area contributed by atoms with Gasteiger partial charge in [0.15, 0.2) is 23.0 Å². The number of methoxy groups -OCH3 is 2. The van der Waals surface area contributed by atoms with Crippen LogP contribution in [-0.4, -0.2) is 85.7 Å². The molecule has 3 atom stereocenters. The van der Waals surface area contributed by atoms with Crippen LogP contribution in [0.5, 0.6) is 23.0 Å². The van der Waals surface area contributed by atoms with E-state index in [0.29, 0.717) is 84.6 Å².